The summed E-state index contributed by atoms with van der Waals surface area (Å²) in [4.78, 5) is 14.0. The van der Waals surface area contributed by atoms with Crippen molar-refractivity contribution in [2.45, 2.75) is 19.4 Å². The Labute approximate surface area is 111 Å². The predicted octanol–water partition coefficient (Wildman–Crippen LogP) is 2.26. The molecule has 0 amide bonds. The first kappa shape index (κ1) is 14.1. The van der Waals surface area contributed by atoms with E-state index in [1.165, 1.54) is 12.1 Å². The highest BCUT2D eigenvalue weighted by molar-refractivity contribution is 5.96. The third kappa shape index (κ3) is 3.58. The number of carbonyl (C=O) groups excluding carboxylic acids is 1. The van der Waals surface area contributed by atoms with E-state index in [4.69, 9.17) is 4.74 Å². The molecule has 5 heteroatoms. The second-order valence-corrected chi connectivity index (χ2v) is 4.76. The average Bonchev–Trinajstić information content (AvgIpc) is 2.39. The molecular formula is C14H17F2NO2. The van der Waals surface area contributed by atoms with Gasteiger partial charge in [-0.2, -0.15) is 0 Å². The fraction of sp³-hybridized carbons (Fsp3) is 0.500. The molecule has 104 valence electrons. The van der Waals surface area contributed by atoms with Crippen LogP contribution in [0.5, 0.6) is 0 Å². The highest BCUT2D eigenvalue weighted by Gasteiger charge is 2.19. The molecule has 2 rings (SSSR count). The Bertz CT molecular complexity index is 465. The van der Waals surface area contributed by atoms with Gasteiger partial charge in [0, 0.05) is 26.1 Å². The van der Waals surface area contributed by atoms with Gasteiger partial charge in [0.05, 0.1) is 18.3 Å². The summed E-state index contributed by atoms with van der Waals surface area (Å²) >= 11 is 0. The van der Waals surface area contributed by atoms with Crippen molar-refractivity contribution in [1.82, 2.24) is 4.90 Å². The Morgan fingerprint density at radius 2 is 2.26 bits per heavy atom. The van der Waals surface area contributed by atoms with Crippen molar-refractivity contribution in [3.05, 3.63) is 35.4 Å². The lowest BCUT2D eigenvalue weighted by atomic mass is 10.1. The van der Waals surface area contributed by atoms with Crippen molar-refractivity contribution < 1.29 is 18.3 Å². The SMILES string of the molecule is CC1CN(CCC(=O)c2cccc(F)c2F)CCO1. The monoisotopic (exact) mass is 269 g/mol. The molecule has 1 fully saturated rings. The van der Waals surface area contributed by atoms with Crippen LogP contribution in [0.4, 0.5) is 8.78 Å². The number of nitrogens with zero attached hydrogens (tertiary/aromatic N) is 1. The van der Waals surface area contributed by atoms with Gasteiger partial charge in [-0.25, -0.2) is 8.78 Å². The number of ether oxygens (including phenoxy) is 1. The molecule has 1 aliphatic rings. The van der Waals surface area contributed by atoms with Gasteiger partial charge >= 0.3 is 0 Å². The van der Waals surface area contributed by atoms with E-state index in [0.717, 1.165) is 19.2 Å². The second kappa shape index (κ2) is 6.21. The van der Waals surface area contributed by atoms with Crippen LogP contribution in [0.25, 0.3) is 0 Å². The van der Waals surface area contributed by atoms with Crippen LogP contribution in [0.15, 0.2) is 18.2 Å². The summed E-state index contributed by atoms with van der Waals surface area (Å²) in [5.74, 6) is -2.40. The highest BCUT2D eigenvalue weighted by Crippen LogP contribution is 2.14. The van der Waals surface area contributed by atoms with Crippen LogP contribution in [-0.4, -0.2) is 43.0 Å². The Morgan fingerprint density at radius 3 is 3.00 bits per heavy atom. The second-order valence-electron chi connectivity index (χ2n) is 4.76. The standard InChI is InChI=1S/C14H17F2NO2/c1-10-9-17(7-8-19-10)6-5-13(18)11-3-2-4-12(15)14(11)16/h2-4,10H,5-9H2,1H3. The van der Waals surface area contributed by atoms with E-state index in [9.17, 15) is 13.6 Å². The molecule has 0 spiro atoms. The van der Waals surface area contributed by atoms with Crippen LogP contribution in [0.1, 0.15) is 23.7 Å². The quantitative estimate of drug-likeness (QED) is 0.785. The minimum absolute atomic E-state index is 0.148. The van der Waals surface area contributed by atoms with Crippen LogP contribution in [0, 0.1) is 11.6 Å². The number of benzene rings is 1. The first-order valence-corrected chi connectivity index (χ1v) is 6.39. The van der Waals surface area contributed by atoms with E-state index < -0.39 is 11.6 Å². The molecule has 1 unspecified atom stereocenters. The molecule has 1 aliphatic heterocycles. The lowest BCUT2D eigenvalue weighted by Crippen LogP contribution is -2.41. The average molecular weight is 269 g/mol. The normalized spacial score (nSPS) is 20.5. The minimum atomic E-state index is -1.05. The Kier molecular flexibility index (Phi) is 4.61. The maximum Gasteiger partial charge on any atom is 0.169 e. The van der Waals surface area contributed by atoms with Crippen molar-refractivity contribution >= 4 is 5.78 Å². The van der Waals surface area contributed by atoms with E-state index >= 15 is 0 Å². The number of Topliss-reactive ketones (excluding diaryl/α,β-unsaturated/α-hetero) is 1. The minimum Gasteiger partial charge on any atom is -0.376 e. The fourth-order valence-corrected chi connectivity index (χ4v) is 2.21. The summed E-state index contributed by atoms with van der Waals surface area (Å²) in [6.07, 6.45) is 0.336. The molecule has 0 aromatic heterocycles. The number of halogens is 2. The van der Waals surface area contributed by atoms with Crippen LogP contribution in [-0.2, 0) is 4.74 Å². The van der Waals surface area contributed by atoms with Gasteiger partial charge in [-0.15, -0.1) is 0 Å². The van der Waals surface area contributed by atoms with Crippen LogP contribution in [0.2, 0.25) is 0 Å². The van der Waals surface area contributed by atoms with Gasteiger partial charge in [-0.1, -0.05) is 6.07 Å². The van der Waals surface area contributed by atoms with E-state index in [1.807, 2.05) is 6.92 Å². The summed E-state index contributed by atoms with van der Waals surface area (Å²) in [6.45, 7) is 4.69. The zero-order chi connectivity index (χ0) is 13.8. The van der Waals surface area contributed by atoms with E-state index in [0.29, 0.717) is 13.2 Å². The van der Waals surface area contributed by atoms with Gasteiger partial charge in [0.25, 0.3) is 0 Å². The molecule has 1 atom stereocenters. The molecule has 0 N–H and O–H groups in total. The summed E-state index contributed by atoms with van der Waals surface area (Å²) in [5, 5.41) is 0. The molecule has 0 saturated carbocycles. The summed E-state index contributed by atoms with van der Waals surface area (Å²) in [7, 11) is 0. The van der Waals surface area contributed by atoms with Crippen molar-refractivity contribution in [1.29, 1.82) is 0 Å². The number of ketones is 1. The number of morpholine rings is 1. The van der Waals surface area contributed by atoms with Gasteiger partial charge in [0.15, 0.2) is 17.4 Å². The molecule has 1 aromatic rings. The maximum atomic E-state index is 13.5. The predicted molar refractivity (Wildman–Crippen MR) is 67.2 cm³/mol. The lowest BCUT2D eigenvalue weighted by Gasteiger charge is -2.30. The van der Waals surface area contributed by atoms with Crippen LogP contribution < -0.4 is 0 Å². The zero-order valence-electron chi connectivity index (χ0n) is 10.9. The van der Waals surface area contributed by atoms with Gasteiger partial charge in [0.2, 0.25) is 0 Å². The van der Waals surface area contributed by atoms with E-state index in [1.54, 1.807) is 0 Å². The first-order valence-electron chi connectivity index (χ1n) is 6.39. The first-order chi connectivity index (χ1) is 9.08. The summed E-state index contributed by atoms with van der Waals surface area (Å²) in [6, 6.07) is 3.68. The van der Waals surface area contributed by atoms with Gasteiger partial charge in [0.1, 0.15) is 0 Å². The number of hydrogen-bond acceptors (Lipinski definition) is 3. The van der Waals surface area contributed by atoms with Gasteiger partial charge in [-0.3, -0.25) is 9.69 Å². The number of rotatable bonds is 4. The van der Waals surface area contributed by atoms with Crippen molar-refractivity contribution in [2.75, 3.05) is 26.2 Å². The molecule has 19 heavy (non-hydrogen) atoms. The highest BCUT2D eigenvalue weighted by atomic mass is 19.2. The maximum absolute atomic E-state index is 13.5. The molecule has 0 radical (unpaired) electrons. The third-order valence-corrected chi connectivity index (χ3v) is 3.23. The van der Waals surface area contributed by atoms with Crippen molar-refractivity contribution in [3.63, 3.8) is 0 Å². The van der Waals surface area contributed by atoms with Gasteiger partial charge in [-0.05, 0) is 19.1 Å². The molecular weight excluding hydrogens is 252 g/mol. The summed E-state index contributed by atoms with van der Waals surface area (Å²) in [5.41, 5.74) is -0.165. The molecule has 0 bridgehead atoms. The Balaban J connectivity index is 1.92. The zero-order valence-corrected chi connectivity index (χ0v) is 10.9. The number of carbonyl (C=O) groups is 1. The topological polar surface area (TPSA) is 29.5 Å². The van der Waals surface area contributed by atoms with Crippen LogP contribution in [0.3, 0.4) is 0 Å². The Morgan fingerprint density at radius 1 is 1.47 bits per heavy atom. The molecule has 1 heterocycles. The fourth-order valence-electron chi connectivity index (χ4n) is 2.21. The van der Waals surface area contributed by atoms with Crippen LogP contribution >= 0.6 is 0 Å². The largest absolute Gasteiger partial charge is 0.376 e. The Hall–Kier alpha value is -1.33. The van der Waals surface area contributed by atoms with Crippen molar-refractivity contribution in [2.24, 2.45) is 0 Å². The molecule has 3 nitrogen and oxygen atoms in total. The van der Waals surface area contributed by atoms with Crippen molar-refractivity contribution in [3.8, 4) is 0 Å². The summed E-state index contributed by atoms with van der Waals surface area (Å²) < 4.78 is 31.9. The number of hydrogen-bond donors (Lipinski definition) is 0. The smallest absolute Gasteiger partial charge is 0.169 e. The lowest BCUT2D eigenvalue weighted by molar-refractivity contribution is -0.0180. The van der Waals surface area contributed by atoms with Gasteiger partial charge < -0.3 is 4.74 Å². The molecule has 1 saturated heterocycles. The van der Waals surface area contributed by atoms with E-state index in [2.05, 4.69) is 4.90 Å². The third-order valence-electron chi connectivity index (χ3n) is 3.23. The molecule has 0 aliphatic carbocycles. The van der Waals surface area contributed by atoms with E-state index in [-0.39, 0.29) is 23.9 Å². The molecule has 1 aromatic carbocycles.